The summed E-state index contributed by atoms with van der Waals surface area (Å²) < 4.78 is 9.74. The Balaban J connectivity index is 2.13. The molecule has 0 amide bonds. The fraction of sp³-hybridized carbons (Fsp3) is 0.300. The molecule has 74 valence electrons. The fourth-order valence-corrected chi connectivity index (χ4v) is 1.59. The lowest BCUT2D eigenvalue weighted by atomic mass is 10.1. The Morgan fingerprint density at radius 3 is 2.86 bits per heavy atom. The Bertz CT molecular complexity index is 364. The van der Waals surface area contributed by atoms with E-state index in [0.717, 1.165) is 5.56 Å². The molecule has 3 nitrogen and oxygen atoms in total. The Morgan fingerprint density at radius 1 is 1.50 bits per heavy atom. The molecule has 1 aliphatic heterocycles. The maximum atomic E-state index is 11.1. The minimum absolute atomic E-state index is 0.240. The Hall–Kier alpha value is -1.06. The number of methoxy groups -OCH3 is 1. The predicted molar refractivity (Wildman–Crippen MR) is 51.1 cm³/mol. The molecule has 0 aromatic heterocycles. The first-order valence-corrected chi connectivity index (χ1v) is 4.59. The van der Waals surface area contributed by atoms with E-state index < -0.39 is 6.10 Å². The number of carbonyl (C=O) groups is 1. The van der Waals surface area contributed by atoms with Gasteiger partial charge in [-0.1, -0.05) is 29.8 Å². The summed E-state index contributed by atoms with van der Waals surface area (Å²) in [6.07, 6.45) is -0.726. The summed E-state index contributed by atoms with van der Waals surface area (Å²) >= 11 is 5.94. The molecule has 1 heterocycles. The molecule has 0 aliphatic carbocycles. The van der Waals surface area contributed by atoms with Crippen molar-refractivity contribution in [2.75, 3.05) is 7.11 Å². The van der Waals surface area contributed by atoms with Gasteiger partial charge in [0, 0.05) is 10.6 Å². The first-order chi connectivity index (χ1) is 6.74. The van der Waals surface area contributed by atoms with Crippen molar-refractivity contribution in [3.8, 4) is 0 Å². The van der Waals surface area contributed by atoms with Crippen molar-refractivity contribution < 1.29 is 14.3 Å². The largest absolute Gasteiger partial charge is 0.467 e. The maximum absolute atomic E-state index is 11.1. The zero-order chi connectivity index (χ0) is 10.1. The van der Waals surface area contributed by atoms with Crippen LogP contribution in [-0.2, 0) is 14.3 Å². The third-order valence-corrected chi connectivity index (χ3v) is 2.48. The molecule has 2 rings (SSSR count). The van der Waals surface area contributed by atoms with Crippen LogP contribution in [0.1, 0.15) is 11.7 Å². The molecule has 0 saturated carbocycles. The standard InChI is InChI=1S/C10H9ClO3/c1-13-10(12)9-8(14-9)6-4-2-3-5-7(6)11/h2-5,8-9H,1H3/t8-,9+/m1/s1. The quantitative estimate of drug-likeness (QED) is 0.556. The van der Waals surface area contributed by atoms with Crippen molar-refractivity contribution in [3.05, 3.63) is 34.9 Å². The number of hydrogen-bond donors (Lipinski definition) is 0. The van der Waals surface area contributed by atoms with E-state index in [0.29, 0.717) is 5.02 Å². The van der Waals surface area contributed by atoms with Gasteiger partial charge in [0.25, 0.3) is 0 Å². The third kappa shape index (κ3) is 1.61. The molecule has 1 saturated heterocycles. The lowest BCUT2D eigenvalue weighted by Crippen LogP contribution is -2.09. The van der Waals surface area contributed by atoms with Crippen molar-refractivity contribution in [3.63, 3.8) is 0 Å². The summed E-state index contributed by atoms with van der Waals surface area (Å²) in [5.41, 5.74) is 0.838. The van der Waals surface area contributed by atoms with Crippen LogP contribution in [0.5, 0.6) is 0 Å². The highest BCUT2D eigenvalue weighted by atomic mass is 35.5. The van der Waals surface area contributed by atoms with Crippen LogP contribution in [0.4, 0.5) is 0 Å². The molecule has 4 heteroatoms. The van der Waals surface area contributed by atoms with Crippen molar-refractivity contribution in [2.24, 2.45) is 0 Å². The van der Waals surface area contributed by atoms with Crippen molar-refractivity contribution >= 4 is 17.6 Å². The average Bonchev–Trinajstić information content (AvgIpc) is 2.97. The molecule has 0 radical (unpaired) electrons. The van der Waals surface area contributed by atoms with Crippen LogP contribution in [0.25, 0.3) is 0 Å². The maximum Gasteiger partial charge on any atom is 0.338 e. The van der Waals surface area contributed by atoms with Crippen molar-refractivity contribution in [2.45, 2.75) is 12.2 Å². The van der Waals surface area contributed by atoms with Crippen molar-refractivity contribution in [1.82, 2.24) is 0 Å². The molecule has 1 aromatic carbocycles. The van der Waals surface area contributed by atoms with Crippen molar-refractivity contribution in [1.29, 1.82) is 0 Å². The highest BCUT2D eigenvalue weighted by molar-refractivity contribution is 6.31. The lowest BCUT2D eigenvalue weighted by molar-refractivity contribution is -0.142. The normalized spacial score (nSPS) is 24.4. The van der Waals surface area contributed by atoms with Gasteiger partial charge in [0.15, 0.2) is 6.10 Å². The highest BCUT2D eigenvalue weighted by Gasteiger charge is 2.47. The van der Waals surface area contributed by atoms with Gasteiger partial charge in [0.2, 0.25) is 0 Å². The molecule has 2 atom stereocenters. The summed E-state index contributed by atoms with van der Waals surface area (Å²) in [7, 11) is 1.34. The summed E-state index contributed by atoms with van der Waals surface area (Å²) in [4.78, 5) is 11.1. The molecule has 0 unspecified atom stereocenters. The number of rotatable bonds is 2. The number of ether oxygens (including phenoxy) is 2. The molecule has 14 heavy (non-hydrogen) atoms. The number of carbonyl (C=O) groups excluding carboxylic acids is 1. The van der Waals surface area contributed by atoms with Crippen LogP contribution >= 0.6 is 11.6 Å². The molecule has 1 fully saturated rings. The first-order valence-electron chi connectivity index (χ1n) is 4.21. The fourth-order valence-electron chi connectivity index (χ4n) is 1.35. The molecule has 0 N–H and O–H groups in total. The van der Waals surface area contributed by atoms with Gasteiger partial charge >= 0.3 is 5.97 Å². The minimum Gasteiger partial charge on any atom is -0.467 e. The summed E-state index contributed by atoms with van der Waals surface area (Å²) in [5.74, 6) is -0.352. The minimum atomic E-state index is -0.486. The lowest BCUT2D eigenvalue weighted by Gasteiger charge is -1.98. The van der Waals surface area contributed by atoms with E-state index in [1.165, 1.54) is 7.11 Å². The van der Waals surface area contributed by atoms with Gasteiger partial charge < -0.3 is 9.47 Å². The number of benzene rings is 1. The molecule has 1 aliphatic rings. The van der Waals surface area contributed by atoms with Crippen LogP contribution in [0.2, 0.25) is 5.02 Å². The predicted octanol–water partition coefficient (Wildman–Crippen LogP) is 1.95. The second-order valence-corrected chi connectivity index (χ2v) is 3.43. The topological polar surface area (TPSA) is 38.8 Å². The number of esters is 1. The molecular formula is C10H9ClO3. The van der Waals surface area contributed by atoms with Crippen LogP contribution in [0.15, 0.2) is 24.3 Å². The Kier molecular flexibility index (Phi) is 2.44. The van der Waals surface area contributed by atoms with Gasteiger partial charge in [-0.2, -0.15) is 0 Å². The zero-order valence-electron chi connectivity index (χ0n) is 7.57. The summed E-state index contributed by atoms with van der Waals surface area (Å²) in [6.45, 7) is 0. The van der Waals surface area contributed by atoms with E-state index in [-0.39, 0.29) is 12.1 Å². The highest BCUT2D eigenvalue weighted by Crippen LogP contribution is 2.42. The second-order valence-electron chi connectivity index (χ2n) is 3.02. The summed E-state index contributed by atoms with van der Waals surface area (Å²) in [5, 5.41) is 0.615. The van der Waals surface area contributed by atoms with Gasteiger partial charge in [0.1, 0.15) is 6.10 Å². The van der Waals surface area contributed by atoms with E-state index in [1.54, 1.807) is 6.07 Å². The average molecular weight is 213 g/mol. The van der Waals surface area contributed by atoms with Gasteiger partial charge in [-0.3, -0.25) is 0 Å². The zero-order valence-corrected chi connectivity index (χ0v) is 8.32. The Labute approximate surface area is 86.6 Å². The van der Waals surface area contributed by atoms with Crippen LogP contribution in [-0.4, -0.2) is 19.2 Å². The molecule has 1 aromatic rings. The van der Waals surface area contributed by atoms with E-state index in [2.05, 4.69) is 4.74 Å². The van der Waals surface area contributed by atoms with E-state index in [4.69, 9.17) is 16.3 Å². The molecular weight excluding hydrogens is 204 g/mol. The van der Waals surface area contributed by atoms with E-state index in [9.17, 15) is 4.79 Å². The number of hydrogen-bond acceptors (Lipinski definition) is 3. The van der Waals surface area contributed by atoms with E-state index >= 15 is 0 Å². The monoisotopic (exact) mass is 212 g/mol. The second kappa shape index (κ2) is 3.59. The van der Waals surface area contributed by atoms with Gasteiger partial charge in [-0.15, -0.1) is 0 Å². The first kappa shape index (κ1) is 9.49. The Morgan fingerprint density at radius 2 is 2.21 bits per heavy atom. The number of epoxide rings is 1. The molecule has 0 bridgehead atoms. The van der Waals surface area contributed by atoms with Crippen LogP contribution < -0.4 is 0 Å². The summed E-state index contributed by atoms with van der Waals surface area (Å²) in [6, 6.07) is 7.31. The third-order valence-electron chi connectivity index (χ3n) is 2.14. The van der Waals surface area contributed by atoms with Gasteiger partial charge in [0.05, 0.1) is 7.11 Å². The van der Waals surface area contributed by atoms with Gasteiger partial charge in [-0.05, 0) is 6.07 Å². The molecule has 0 spiro atoms. The number of halogens is 1. The smallest absolute Gasteiger partial charge is 0.338 e. The van der Waals surface area contributed by atoms with Gasteiger partial charge in [-0.25, -0.2) is 4.79 Å². The van der Waals surface area contributed by atoms with E-state index in [1.807, 2.05) is 18.2 Å². The van der Waals surface area contributed by atoms with Crippen LogP contribution in [0.3, 0.4) is 0 Å². The SMILES string of the molecule is COC(=O)[C@H]1O[C@@H]1c1ccccc1Cl. The van der Waals surface area contributed by atoms with Crippen LogP contribution in [0, 0.1) is 0 Å².